The SMILES string of the molecule is CC(C)c1csc(NS(=O)(=O)c2cc(F)ccc2N)n1. The van der Waals surface area contributed by atoms with Crippen LogP contribution < -0.4 is 10.5 Å². The smallest absolute Gasteiger partial charge is 0.265 e. The first-order valence-corrected chi connectivity index (χ1v) is 8.19. The lowest BCUT2D eigenvalue weighted by molar-refractivity contribution is 0.596. The first kappa shape index (κ1) is 14.7. The first-order valence-electron chi connectivity index (χ1n) is 5.83. The second kappa shape index (κ2) is 5.37. The molecule has 20 heavy (non-hydrogen) atoms. The number of anilines is 2. The molecule has 0 radical (unpaired) electrons. The molecular formula is C12H14FN3O2S2. The second-order valence-electron chi connectivity index (χ2n) is 4.52. The van der Waals surface area contributed by atoms with Crippen molar-refractivity contribution in [3.05, 3.63) is 35.1 Å². The van der Waals surface area contributed by atoms with Crippen molar-refractivity contribution < 1.29 is 12.8 Å². The Morgan fingerprint density at radius 1 is 1.40 bits per heavy atom. The van der Waals surface area contributed by atoms with E-state index in [2.05, 4.69) is 9.71 Å². The van der Waals surface area contributed by atoms with Crippen LogP contribution in [-0.2, 0) is 10.0 Å². The van der Waals surface area contributed by atoms with Gasteiger partial charge in [0.05, 0.1) is 11.4 Å². The Balaban J connectivity index is 2.33. The van der Waals surface area contributed by atoms with E-state index in [0.717, 1.165) is 17.8 Å². The van der Waals surface area contributed by atoms with Crippen LogP contribution in [0.3, 0.4) is 0 Å². The van der Waals surface area contributed by atoms with Gasteiger partial charge in [-0.05, 0) is 24.1 Å². The number of hydrogen-bond acceptors (Lipinski definition) is 5. The fraction of sp³-hybridized carbons (Fsp3) is 0.250. The molecule has 1 aromatic carbocycles. The van der Waals surface area contributed by atoms with Crippen LogP contribution >= 0.6 is 11.3 Å². The third-order valence-electron chi connectivity index (χ3n) is 2.60. The zero-order valence-corrected chi connectivity index (χ0v) is 12.6. The molecule has 0 amide bonds. The number of hydrogen-bond donors (Lipinski definition) is 2. The highest BCUT2D eigenvalue weighted by Gasteiger charge is 2.20. The van der Waals surface area contributed by atoms with Gasteiger partial charge in [0.2, 0.25) is 0 Å². The summed E-state index contributed by atoms with van der Waals surface area (Å²) in [6.45, 7) is 3.91. The minimum atomic E-state index is -3.95. The van der Waals surface area contributed by atoms with Crippen LogP contribution in [0.25, 0.3) is 0 Å². The normalized spacial score (nSPS) is 11.8. The number of sulfonamides is 1. The Morgan fingerprint density at radius 3 is 2.70 bits per heavy atom. The zero-order chi connectivity index (χ0) is 14.9. The maximum absolute atomic E-state index is 13.2. The lowest BCUT2D eigenvalue weighted by atomic mass is 10.2. The van der Waals surface area contributed by atoms with E-state index in [1.807, 2.05) is 13.8 Å². The molecule has 0 saturated carbocycles. The van der Waals surface area contributed by atoms with E-state index >= 15 is 0 Å². The van der Waals surface area contributed by atoms with Crippen LogP contribution in [0.2, 0.25) is 0 Å². The Kier molecular flexibility index (Phi) is 3.96. The first-order chi connectivity index (χ1) is 9.29. The van der Waals surface area contributed by atoms with Gasteiger partial charge in [0.1, 0.15) is 10.7 Å². The van der Waals surface area contributed by atoms with Gasteiger partial charge < -0.3 is 5.73 Å². The maximum atomic E-state index is 13.2. The van der Waals surface area contributed by atoms with E-state index in [1.165, 1.54) is 17.4 Å². The minimum Gasteiger partial charge on any atom is -0.398 e. The van der Waals surface area contributed by atoms with Crippen molar-refractivity contribution in [1.82, 2.24) is 4.98 Å². The summed E-state index contributed by atoms with van der Waals surface area (Å²) in [5, 5.41) is 2.01. The molecular weight excluding hydrogens is 301 g/mol. The van der Waals surface area contributed by atoms with Gasteiger partial charge in [-0.1, -0.05) is 13.8 Å². The third-order valence-corrected chi connectivity index (χ3v) is 4.90. The molecule has 1 heterocycles. The van der Waals surface area contributed by atoms with Gasteiger partial charge in [0.25, 0.3) is 10.0 Å². The quantitative estimate of drug-likeness (QED) is 0.850. The van der Waals surface area contributed by atoms with Gasteiger partial charge in [0.15, 0.2) is 5.13 Å². The van der Waals surface area contributed by atoms with Crippen molar-refractivity contribution in [3.63, 3.8) is 0 Å². The van der Waals surface area contributed by atoms with E-state index in [1.54, 1.807) is 5.38 Å². The number of nitrogens with zero attached hydrogens (tertiary/aromatic N) is 1. The summed E-state index contributed by atoms with van der Waals surface area (Å²) < 4.78 is 39.8. The topological polar surface area (TPSA) is 85.1 Å². The number of benzene rings is 1. The van der Waals surface area contributed by atoms with Crippen molar-refractivity contribution in [1.29, 1.82) is 0 Å². The Bertz CT molecular complexity index is 726. The highest BCUT2D eigenvalue weighted by atomic mass is 32.2. The summed E-state index contributed by atoms with van der Waals surface area (Å²) in [7, 11) is -3.95. The monoisotopic (exact) mass is 315 g/mol. The number of nitrogens with one attached hydrogen (secondary N) is 1. The standard InChI is InChI=1S/C12H14FN3O2S2/c1-7(2)10-6-19-12(15-10)16-20(17,18)11-5-8(13)3-4-9(11)14/h3-7H,14H2,1-2H3,(H,15,16). The fourth-order valence-electron chi connectivity index (χ4n) is 1.51. The molecule has 0 aliphatic rings. The summed E-state index contributed by atoms with van der Waals surface area (Å²) in [5.41, 5.74) is 6.36. The number of aromatic nitrogens is 1. The van der Waals surface area contributed by atoms with E-state index < -0.39 is 15.8 Å². The van der Waals surface area contributed by atoms with Crippen molar-refractivity contribution in [2.24, 2.45) is 0 Å². The summed E-state index contributed by atoms with van der Waals surface area (Å²) in [5.74, 6) is -0.467. The van der Waals surface area contributed by atoms with Crippen LogP contribution in [0.1, 0.15) is 25.5 Å². The molecule has 3 N–H and O–H groups in total. The molecule has 1 aromatic heterocycles. The van der Waals surface area contributed by atoms with E-state index in [-0.39, 0.29) is 21.6 Å². The molecule has 2 rings (SSSR count). The molecule has 0 aliphatic heterocycles. The highest BCUT2D eigenvalue weighted by Crippen LogP contribution is 2.26. The average molecular weight is 315 g/mol. The number of thiazole rings is 1. The summed E-state index contributed by atoms with van der Waals surface area (Å²) in [6.07, 6.45) is 0. The van der Waals surface area contributed by atoms with Gasteiger partial charge in [-0.25, -0.2) is 17.8 Å². The molecule has 0 saturated heterocycles. The molecule has 0 bridgehead atoms. The summed E-state index contributed by atoms with van der Waals surface area (Å²) in [6, 6.07) is 3.20. The molecule has 0 spiro atoms. The molecule has 5 nitrogen and oxygen atoms in total. The number of rotatable bonds is 4. The van der Waals surface area contributed by atoms with Crippen LogP contribution in [-0.4, -0.2) is 13.4 Å². The molecule has 0 aliphatic carbocycles. The van der Waals surface area contributed by atoms with Crippen molar-refractivity contribution >= 4 is 32.2 Å². The molecule has 2 aromatic rings. The molecule has 0 unspecified atom stereocenters. The van der Waals surface area contributed by atoms with Crippen LogP contribution in [0.5, 0.6) is 0 Å². The maximum Gasteiger partial charge on any atom is 0.265 e. The van der Waals surface area contributed by atoms with Gasteiger partial charge in [0, 0.05) is 5.38 Å². The molecule has 8 heteroatoms. The zero-order valence-electron chi connectivity index (χ0n) is 10.9. The van der Waals surface area contributed by atoms with E-state index in [9.17, 15) is 12.8 Å². The minimum absolute atomic E-state index is 0.0143. The fourth-order valence-corrected chi connectivity index (χ4v) is 3.78. The number of nitrogen functional groups attached to an aromatic ring is 1. The number of halogens is 1. The Labute approximate surface area is 120 Å². The van der Waals surface area contributed by atoms with E-state index in [0.29, 0.717) is 0 Å². The summed E-state index contributed by atoms with van der Waals surface area (Å²) in [4.78, 5) is 3.87. The van der Waals surface area contributed by atoms with Gasteiger partial charge in [-0.15, -0.1) is 11.3 Å². The van der Waals surface area contributed by atoms with Crippen molar-refractivity contribution in [2.75, 3.05) is 10.5 Å². The average Bonchev–Trinajstić information content (AvgIpc) is 2.80. The predicted octanol–water partition coefficient (Wildman–Crippen LogP) is 2.79. The van der Waals surface area contributed by atoms with Crippen LogP contribution in [0.4, 0.5) is 15.2 Å². The van der Waals surface area contributed by atoms with E-state index in [4.69, 9.17) is 5.73 Å². The second-order valence-corrected chi connectivity index (χ2v) is 7.03. The Hall–Kier alpha value is -1.67. The van der Waals surface area contributed by atoms with Crippen LogP contribution in [0, 0.1) is 5.82 Å². The molecule has 108 valence electrons. The Morgan fingerprint density at radius 2 is 2.10 bits per heavy atom. The van der Waals surface area contributed by atoms with Crippen molar-refractivity contribution in [2.45, 2.75) is 24.7 Å². The lowest BCUT2D eigenvalue weighted by Gasteiger charge is -2.08. The largest absolute Gasteiger partial charge is 0.398 e. The lowest BCUT2D eigenvalue weighted by Crippen LogP contribution is -2.15. The third kappa shape index (κ3) is 3.07. The molecule has 0 fully saturated rings. The number of nitrogens with two attached hydrogens (primary N) is 1. The molecule has 0 atom stereocenters. The van der Waals surface area contributed by atoms with Crippen LogP contribution in [0.15, 0.2) is 28.5 Å². The summed E-state index contributed by atoms with van der Waals surface area (Å²) >= 11 is 1.17. The van der Waals surface area contributed by atoms with Gasteiger partial charge >= 0.3 is 0 Å². The van der Waals surface area contributed by atoms with Crippen molar-refractivity contribution in [3.8, 4) is 0 Å². The van der Waals surface area contributed by atoms with Gasteiger partial charge in [-0.2, -0.15) is 0 Å². The van der Waals surface area contributed by atoms with Gasteiger partial charge in [-0.3, -0.25) is 4.72 Å². The predicted molar refractivity (Wildman–Crippen MR) is 77.8 cm³/mol. The highest BCUT2D eigenvalue weighted by molar-refractivity contribution is 7.93.